The van der Waals surface area contributed by atoms with Crippen molar-refractivity contribution in [2.45, 2.75) is 26.1 Å². The number of nitrogens with zero attached hydrogens (tertiary/aromatic N) is 2. The number of hydrogen-bond acceptors (Lipinski definition) is 8. The third kappa shape index (κ3) is 4.23. The molecular weight excluding hydrogens is 352 g/mol. The van der Waals surface area contributed by atoms with Crippen molar-refractivity contribution in [3.8, 4) is 0 Å². The number of carbonyl (C=O) groups is 2. The number of furan rings is 2. The molecule has 1 fully saturated rings. The van der Waals surface area contributed by atoms with Crippen LogP contribution in [0.2, 0.25) is 0 Å². The van der Waals surface area contributed by atoms with Crippen LogP contribution in [0.1, 0.15) is 39.2 Å². The average molecular weight is 376 g/mol. The third-order valence-corrected chi connectivity index (χ3v) is 4.85. The number of carbonyl (C=O) groups excluding carboxylic acids is 2. The molecule has 2 aromatic rings. The molecule has 0 bridgehead atoms. The second-order valence-electron chi connectivity index (χ2n) is 6.59. The van der Waals surface area contributed by atoms with Crippen LogP contribution in [0.4, 0.5) is 0 Å². The van der Waals surface area contributed by atoms with Gasteiger partial charge in [-0.25, -0.2) is 9.59 Å². The summed E-state index contributed by atoms with van der Waals surface area (Å²) in [6.07, 6.45) is 3.02. The summed E-state index contributed by atoms with van der Waals surface area (Å²) >= 11 is 0. The molecule has 0 aromatic carbocycles. The molecule has 1 atom stereocenters. The zero-order valence-electron chi connectivity index (χ0n) is 15.8. The first-order chi connectivity index (χ1) is 13.0. The zero-order valence-corrected chi connectivity index (χ0v) is 15.8. The summed E-state index contributed by atoms with van der Waals surface area (Å²) in [5.74, 6) is -0.407. The Hall–Kier alpha value is -2.58. The van der Waals surface area contributed by atoms with E-state index in [1.54, 1.807) is 12.1 Å². The lowest BCUT2D eigenvalue weighted by Crippen LogP contribution is -2.51. The predicted octanol–water partition coefficient (Wildman–Crippen LogP) is 2.15. The van der Waals surface area contributed by atoms with Gasteiger partial charge in [0.05, 0.1) is 26.7 Å². The van der Waals surface area contributed by atoms with Crippen LogP contribution in [0.5, 0.6) is 0 Å². The smallest absolute Gasteiger partial charge is 0.374 e. The minimum absolute atomic E-state index is 0.258. The van der Waals surface area contributed by atoms with Gasteiger partial charge in [0.1, 0.15) is 0 Å². The van der Waals surface area contributed by atoms with Gasteiger partial charge < -0.3 is 18.3 Å². The molecule has 2 aromatic heterocycles. The molecule has 8 heteroatoms. The second kappa shape index (κ2) is 8.41. The lowest BCUT2D eigenvalue weighted by molar-refractivity contribution is 0.0533. The molecule has 3 heterocycles. The number of rotatable bonds is 6. The van der Waals surface area contributed by atoms with Crippen LogP contribution in [0.15, 0.2) is 33.5 Å². The Labute approximate surface area is 157 Å². The Balaban J connectivity index is 1.60. The standard InChI is InChI=1S/C19H24N2O6/c1-13-10-20(11-14-4-8-26-16(14)18(22)24-2)6-7-21(13)12-15-5-9-27-17(15)19(23)25-3/h4-5,8-9,13H,6-7,10-12H2,1-3H3. The van der Waals surface area contributed by atoms with Crippen molar-refractivity contribution >= 4 is 11.9 Å². The molecule has 1 aliphatic rings. The lowest BCUT2D eigenvalue weighted by atomic mass is 10.1. The molecule has 0 aliphatic carbocycles. The molecule has 8 nitrogen and oxygen atoms in total. The van der Waals surface area contributed by atoms with Crippen LogP contribution in [0.3, 0.4) is 0 Å². The summed E-state index contributed by atoms with van der Waals surface area (Å²) in [7, 11) is 2.68. The van der Waals surface area contributed by atoms with Crippen molar-refractivity contribution in [2.24, 2.45) is 0 Å². The normalized spacial score (nSPS) is 18.4. The van der Waals surface area contributed by atoms with Crippen LogP contribution in [-0.4, -0.2) is 61.6 Å². The van der Waals surface area contributed by atoms with Crippen molar-refractivity contribution in [3.05, 3.63) is 47.3 Å². The van der Waals surface area contributed by atoms with Gasteiger partial charge in [0.15, 0.2) is 0 Å². The Morgan fingerprint density at radius 3 is 2.07 bits per heavy atom. The minimum atomic E-state index is -0.461. The van der Waals surface area contributed by atoms with E-state index in [2.05, 4.69) is 16.7 Å². The Morgan fingerprint density at radius 2 is 1.56 bits per heavy atom. The van der Waals surface area contributed by atoms with Gasteiger partial charge >= 0.3 is 11.9 Å². The van der Waals surface area contributed by atoms with Gasteiger partial charge in [0, 0.05) is 49.9 Å². The van der Waals surface area contributed by atoms with Gasteiger partial charge in [-0.05, 0) is 19.1 Å². The fourth-order valence-electron chi connectivity index (χ4n) is 3.37. The maximum absolute atomic E-state index is 11.8. The summed E-state index contributed by atoms with van der Waals surface area (Å²) in [5, 5.41) is 0. The maximum Gasteiger partial charge on any atom is 0.374 e. The minimum Gasteiger partial charge on any atom is -0.463 e. The monoisotopic (exact) mass is 376 g/mol. The third-order valence-electron chi connectivity index (χ3n) is 4.85. The largest absolute Gasteiger partial charge is 0.463 e. The summed E-state index contributed by atoms with van der Waals surface area (Å²) in [6, 6.07) is 3.88. The molecule has 1 saturated heterocycles. The Morgan fingerprint density at radius 1 is 1.00 bits per heavy atom. The van der Waals surface area contributed by atoms with E-state index in [0.29, 0.717) is 13.1 Å². The van der Waals surface area contributed by atoms with Crippen LogP contribution < -0.4 is 0 Å². The molecule has 146 valence electrons. The van der Waals surface area contributed by atoms with E-state index < -0.39 is 11.9 Å². The first kappa shape index (κ1) is 19.2. The number of esters is 2. The van der Waals surface area contributed by atoms with Crippen LogP contribution >= 0.6 is 0 Å². The molecule has 3 rings (SSSR count). The first-order valence-corrected chi connectivity index (χ1v) is 8.79. The van der Waals surface area contributed by atoms with Crippen molar-refractivity contribution in [2.75, 3.05) is 33.9 Å². The van der Waals surface area contributed by atoms with Crippen LogP contribution in [0.25, 0.3) is 0 Å². The summed E-state index contributed by atoms with van der Waals surface area (Å²) < 4.78 is 20.0. The Bertz CT molecular complexity index is 796. The fraction of sp³-hybridized carbons (Fsp3) is 0.474. The quantitative estimate of drug-likeness (QED) is 0.709. The molecule has 0 radical (unpaired) electrons. The number of methoxy groups -OCH3 is 2. The van der Waals surface area contributed by atoms with Gasteiger partial charge in [-0.15, -0.1) is 0 Å². The highest BCUT2D eigenvalue weighted by molar-refractivity contribution is 5.88. The molecule has 0 N–H and O–H groups in total. The first-order valence-electron chi connectivity index (χ1n) is 8.79. The predicted molar refractivity (Wildman–Crippen MR) is 95.2 cm³/mol. The fourth-order valence-corrected chi connectivity index (χ4v) is 3.37. The average Bonchev–Trinajstić information content (AvgIpc) is 3.32. The van der Waals surface area contributed by atoms with Gasteiger partial charge in [-0.3, -0.25) is 9.80 Å². The highest BCUT2D eigenvalue weighted by Gasteiger charge is 2.27. The lowest BCUT2D eigenvalue weighted by Gasteiger charge is -2.39. The van der Waals surface area contributed by atoms with Crippen LogP contribution in [0, 0.1) is 0 Å². The van der Waals surface area contributed by atoms with Crippen LogP contribution in [-0.2, 0) is 22.6 Å². The molecule has 1 aliphatic heterocycles. The zero-order chi connectivity index (χ0) is 19.4. The number of hydrogen-bond donors (Lipinski definition) is 0. The molecule has 27 heavy (non-hydrogen) atoms. The molecule has 0 saturated carbocycles. The summed E-state index contributed by atoms with van der Waals surface area (Å²) in [6.45, 7) is 5.88. The summed E-state index contributed by atoms with van der Waals surface area (Å²) in [5.41, 5.74) is 1.65. The number of ether oxygens (including phenoxy) is 2. The SMILES string of the molecule is COC(=O)c1occc1CN1CCN(Cc2ccoc2C(=O)OC)C(C)C1. The van der Waals surface area contributed by atoms with Gasteiger partial charge in [0.2, 0.25) is 11.5 Å². The van der Waals surface area contributed by atoms with E-state index in [4.69, 9.17) is 18.3 Å². The van der Waals surface area contributed by atoms with E-state index in [-0.39, 0.29) is 17.6 Å². The highest BCUT2D eigenvalue weighted by Crippen LogP contribution is 2.21. The molecule has 0 amide bonds. The van der Waals surface area contributed by atoms with E-state index in [1.807, 2.05) is 0 Å². The van der Waals surface area contributed by atoms with Crippen molar-refractivity contribution in [3.63, 3.8) is 0 Å². The van der Waals surface area contributed by atoms with Gasteiger partial charge in [-0.2, -0.15) is 0 Å². The number of piperazine rings is 1. The Kier molecular flexibility index (Phi) is 5.98. The van der Waals surface area contributed by atoms with Gasteiger partial charge in [0.25, 0.3) is 0 Å². The molecular formula is C19H24N2O6. The molecule has 1 unspecified atom stereocenters. The van der Waals surface area contributed by atoms with E-state index in [0.717, 1.165) is 30.8 Å². The van der Waals surface area contributed by atoms with E-state index in [1.165, 1.54) is 26.7 Å². The van der Waals surface area contributed by atoms with E-state index in [9.17, 15) is 9.59 Å². The van der Waals surface area contributed by atoms with Crippen molar-refractivity contribution in [1.82, 2.24) is 9.80 Å². The topological polar surface area (TPSA) is 85.4 Å². The molecule has 0 spiro atoms. The highest BCUT2D eigenvalue weighted by atomic mass is 16.5. The van der Waals surface area contributed by atoms with Gasteiger partial charge in [-0.1, -0.05) is 0 Å². The second-order valence-corrected chi connectivity index (χ2v) is 6.59. The maximum atomic E-state index is 11.8. The van der Waals surface area contributed by atoms with Crippen molar-refractivity contribution < 1.29 is 27.9 Å². The summed E-state index contributed by atoms with van der Waals surface area (Å²) in [4.78, 5) is 28.1. The van der Waals surface area contributed by atoms with E-state index >= 15 is 0 Å². The van der Waals surface area contributed by atoms with Crippen molar-refractivity contribution in [1.29, 1.82) is 0 Å².